The van der Waals surface area contributed by atoms with Crippen molar-refractivity contribution in [3.8, 4) is 0 Å². The zero-order valence-electron chi connectivity index (χ0n) is 17.0. The van der Waals surface area contributed by atoms with Gasteiger partial charge < -0.3 is 9.47 Å². The van der Waals surface area contributed by atoms with E-state index in [4.69, 9.17) is 9.47 Å². The smallest absolute Gasteiger partial charge is 0.303 e. The molecule has 0 aromatic heterocycles. The van der Waals surface area contributed by atoms with Crippen LogP contribution in [0.4, 0.5) is 0 Å². The summed E-state index contributed by atoms with van der Waals surface area (Å²) in [6, 6.07) is 0. The van der Waals surface area contributed by atoms with Gasteiger partial charge in [-0.1, -0.05) is 27.7 Å². The summed E-state index contributed by atoms with van der Waals surface area (Å²) in [7, 11) is 0. The molecule has 2 fully saturated rings. The number of ketones is 2. The number of Topliss-reactive ketones (excluding diaryl/α,β-unsaturated/α-hetero) is 2. The molecule has 3 aliphatic carbocycles. The van der Waals surface area contributed by atoms with Gasteiger partial charge in [0.2, 0.25) is 0 Å². The third-order valence-electron chi connectivity index (χ3n) is 7.79. The van der Waals surface area contributed by atoms with Crippen LogP contribution in [-0.2, 0) is 23.9 Å². The lowest BCUT2D eigenvalue weighted by molar-refractivity contribution is -0.157. The van der Waals surface area contributed by atoms with Crippen LogP contribution in [0, 0.1) is 28.6 Å². The van der Waals surface area contributed by atoms with Crippen LogP contribution in [0.3, 0.4) is 0 Å². The quantitative estimate of drug-likeness (QED) is 0.694. The van der Waals surface area contributed by atoms with E-state index in [1.165, 1.54) is 6.92 Å². The van der Waals surface area contributed by atoms with Gasteiger partial charge in [-0.3, -0.25) is 14.4 Å². The summed E-state index contributed by atoms with van der Waals surface area (Å²) in [5, 5.41) is 0. The molecule has 1 heterocycles. The van der Waals surface area contributed by atoms with E-state index in [1.54, 1.807) is 0 Å². The Labute approximate surface area is 160 Å². The molecule has 4 rings (SSSR count). The number of carbonyl (C=O) groups is 3. The first-order chi connectivity index (χ1) is 12.6. The fourth-order valence-electron chi connectivity index (χ4n) is 6.67. The van der Waals surface area contributed by atoms with E-state index in [2.05, 4.69) is 27.7 Å². The minimum absolute atomic E-state index is 0.0242. The van der Waals surface area contributed by atoms with Crippen LogP contribution in [0.15, 0.2) is 11.1 Å². The van der Waals surface area contributed by atoms with Gasteiger partial charge in [-0.25, -0.2) is 0 Å². The number of hydrogen-bond acceptors (Lipinski definition) is 5. The summed E-state index contributed by atoms with van der Waals surface area (Å²) in [6.45, 7) is 10.3. The average Bonchev–Trinajstić information content (AvgIpc) is 3.06. The summed E-state index contributed by atoms with van der Waals surface area (Å²) in [5.74, 6) is -0.450. The van der Waals surface area contributed by atoms with Crippen LogP contribution in [0.2, 0.25) is 0 Å². The molecule has 5 nitrogen and oxygen atoms in total. The van der Waals surface area contributed by atoms with Crippen molar-refractivity contribution in [2.75, 3.05) is 6.61 Å². The molecule has 5 heteroatoms. The molecule has 0 amide bonds. The second-order valence-corrected chi connectivity index (χ2v) is 9.79. The average molecular weight is 374 g/mol. The molecule has 0 radical (unpaired) electrons. The molecule has 4 aliphatic rings. The van der Waals surface area contributed by atoms with Gasteiger partial charge in [0.15, 0.2) is 17.7 Å². The molecule has 6 atom stereocenters. The van der Waals surface area contributed by atoms with Crippen LogP contribution in [0.1, 0.15) is 60.3 Å². The van der Waals surface area contributed by atoms with Gasteiger partial charge in [-0.05, 0) is 41.6 Å². The van der Waals surface area contributed by atoms with Crippen LogP contribution < -0.4 is 0 Å². The number of esters is 1. The van der Waals surface area contributed by atoms with Crippen molar-refractivity contribution in [3.63, 3.8) is 0 Å². The van der Waals surface area contributed by atoms with E-state index in [0.29, 0.717) is 13.0 Å². The zero-order valence-corrected chi connectivity index (χ0v) is 17.0. The summed E-state index contributed by atoms with van der Waals surface area (Å²) in [5.41, 5.74) is 1.55. The van der Waals surface area contributed by atoms with Crippen molar-refractivity contribution >= 4 is 17.5 Å². The Bertz CT molecular complexity index is 750. The van der Waals surface area contributed by atoms with Gasteiger partial charge >= 0.3 is 5.97 Å². The third kappa shape index (κ3) is 2.50. The summed E-state index contributed by atoms with van der Waals surface area (Å²) in [4.78, 5) is 37.7. The van der Waals surface area contributed by atoms with Gasteiger partial charge in [-0.15, -0.1) is 0 Å². The zero-order chi connectivity index (χ0) is 19.7. The lowest BCUT2D eigenvalue weighted by atomic mass is 9.66. The van der Waals surface area contributed by atoms with Gasteiger partial charge in [0.25, 0.3) is 0 Å². The second-order valence-electron chi connectivity index (χ2n) is 9.79. The predicted molar refractivity (Wildman–Crippen MR) is 98.8 cm³/mol. The lowest BCUT2D eigenvalue weighted by Crippen LogP contribution is -2.42. The van der Waals surface area contributed by atoms with E-state index in [9.17, 15) is 14.4 Å². The molecule has 27 heavy (non-hydrogen) atoms. The topological polar surface area (TPSA) is 69.7 Å². The maximum Gasteiger partial charge on any atom is 0.303 e. The maximum absolute atomic E-state index is 13.3. The summed E-state index contributed by atoms with van der Waals surface area (Å²) in [6.07, 6.45) is 2.15. The molecule has 2 saturated carbocycles. The minimum atomic E-state index is -0.781. The van der Waals surface area contributed by atoms with Crippen molar-refractivity contribution in [2.45, 2.75) is 72.5 Å². The molecule has 0 N–H and O–H groups in total. The van der Waals surface area contributed by atoms with Crippen LogP contribution in [0.5, 0.6) is 0 Å². The van der Waals surface area contributed by atoms with E-state index >= 15 is 0 Å². The van der Waals surface area contributed by atoms with E-state index < -0.39 is 12.1 Å². The van der Waals surface area contributed by atoms with E-state index in [0.717, 1.165) is 30.4 Å². The number of hydrogen-bond donors (Lipinski definition) is 0. The van der Waals surface area contributed by atoms with Gasteiger partial charge in [0.05, 0.1) is 12.7 Å². The van der Waals surface area contributed by atoms with E-state index in [1.807, 2.05) is 0 Å². The SMILES string of the molecule is CC(=O)O[C@@H]1C(=O)[C@H](C(C)C)[C@@]2(C)CC[C@]3(C)CCC(=O)C4=C3[C@H](OC4)[C@@H]12. The largest absolute Gasteiger partial charge is 0.454 e. The lowest BCUT2D eigenvalue weighted by Gasteiger charge is -2.39. The van der Waals surface area contributed by atoms with Gasteiger partial charge in [0.1, 0.15) is 0 Å². The number of rotatable bonds is 2. The molecule has 1 aliphatic heterocycles. The van der Waals surface area contributed by atoms with Crippen molar-refractivity contribution in [2.24, 2.45) is 28.6 Å². The molecule has 0 aromatic rings. The molecule has 0 unspecified atom stereocenters. The highest BCUT2D eigenvalue weighted by Gasteiger charge is 2.66. The highest BCUT2D eigenvalue weighted by Crippen LogP contribution is 2.63. The fraction of sp³-hybridized carbons (Fsp3) is 0.773. The molecule has 0 spiro atoms. The highest BCUT2D eigenvalue weighted by atomic mass is 16.6. The molecule has 148 valence electrons. The van der Waals surface area contributed by atoms with Crippen molar-refractivity contribution in [1.82, 2.24) is 0 Å². The summed E-state index contributed by atoms with van der Waals surface area (Å²) >= 11 is 0. The maximum atomic E-state index is 13.3. The van der Waals surface area contributed by atoms with Crippen molar-refractivity contribution < 1.29 is 23.9 Å². The van der Waals surface area contributed by atoms with Gasteiger partial charge in [0, 0.05) is 30.8 Å². The van der Waals surface area contributed by atoms with Crippen molar-refractivity contribution in [3.05, 3.63) is 11.1 Å². The van der Waals surface area contributed by atoms with E-state index in [-0.39, 0.29) is 46.3 Å². The normalized spacial score (nSPS) is 43.6. The molecular weight excluding hydrogens is 344 g/mol. The monoisotopic (exact) mass is 374 g/mol. The van der Waals surface area contributed by atoms with Crippen LogP contribution >= 0.6 is 0 Å². The fourth-order valence-corrected chi connectivity index (χ4v) is 6.67. The van der Waals surface area contributed by atoms with Crippen molar-refractivity contribution in [1.29, 1.82) is 0 Å². The minimum Gasteiger partial charge on any atom is -0.454 e. The Morgan fingerprint density at radius 1 is 1.19 bits per heavy atom. The standard InChI is InChI=1S/C22H30O5/c1-11(2)15-18(25)20(27-12(3)23)17-19-16-13(10-26-19)14(24)6-7-21(16,4)8-9-22(15,17)5/h11,15,17,19-20H,6-10H2,1-5H3/t15-,17-,19-,20-,21-,22+/m0/s1. The third-order valence-corrected chi connectivity index (χ3v) is 7.79. The highest BCUT2D eigenvalue weighted by molar-refractivity contribution is 5.98. The predicted octanol–water partition coefficient (Wildman–Crippen LogP) is 3.25. The molecule has 0 saturated heterocycles. The Balaban J connectivity index is 1.88. The Morgan fingerprint density at radius 2 is 1.89 bits per heavy atom. The van der Waals surface area contributed by atoms with Gasteiger partial charge in [-0.2, -0.15) is 0 Å². The summed E-state index contributed by atoms with van der Waals surface area (Å²) < 4.78 is 11.8. The molecule has 0 aromatic carbocycles. The first-order valence-electron chi connectivity index (χ1n) is 10.2. The first-order valence-corrected chi connectivity index (χ1v) is 10.2. The van der Waals surface area contributed by atoms with Crippen LogP contribution in [-0.4, -0.2) is 36.4 Å². The Kier molecular flexibility index (Phi) is 4.19. The molecule has 0 bridgehead atoms. The number of carbonyl (C=O) groups excluding carboxylic acids is 3. The van der Waals surface area contributed by atoms with Crippen LogP contribution in [0.25, 0.3) is 0 Å². The number of ether oxygens (including phenoxy) is 2. The first kappa shape index (κ1) is 18.9. The molecular formula is C22H30O5. The Morgan fingerprint density at radius 3 is 2.52 bits per heavy atom. The Hall–Kier alpha value is -1.49. The number of fused-ring (bicyclic) bond motifs is 2. The second kappa shape index (κ2) is 6.00.